The first kappa shape index (κ1) is 20.6. The zero-order valence-corrected chi connectivity index (χ0v) is 16.1. The number of aromatic nitrogens is 1. The molecule has 0 aliphatic heterocycles. The van der Waals surface area contributed by atoms with Crippen molar-refractivity contribution in [3.05, 3.63) is 66.1 Å². The molecule has 2 rings (SSSR count). The van der Waals surface area contributed by atoms with Crippen LogP contribution in [0.15, 0.2) is 49.2 Å². The topological polar surface area (TPSA) is 48.4 Å². The largest absolute Gasteiger partial charge is 0.462 e. The summed E-state index contributed by atoms with van der Waals surface area (Å²) in [7, 11) is 0. The van der Waals surface area contributed by atoms with Gasteiger partial charge in [-0.3, -0.25) is 0 Å². The number of hydrogen-bond donors (Lipinski definition) is 0. The number of allylic oxidation sites excluding steroid dienone is 1. The first-order valence-corrected chi connectivity index (χ1v) is 9.21. The van der Waals surface area contributed by atoms with Gasteiger partial charge in [0.05, 0.1) is 12.2 Å². The van der Waals surface area contributed by atoms with Gasteiger partial charge < -0.3 is 9.47 Å². The van der Waals surface area contributed by atoms with Crippen molar-refractivity contribution in [1.29, 1.82) is 0 Å². The van der Waals surface area contributed by atoms with Crippen molar-refractivity contribution in [1.82, 2.24) is 4.98 Å². The van der Waals surface area contributed by atoms with E-state index in [0.29, 0.717) is 17.6 Å². The Hall–Kier alpha value is -2.69. The standard InChI is InChI=1S/C22H26FNO3/c1-5-8-16(6-2)15(4)17-9-11-19(12-10-17)27-21-20(23)13-18(14-24-21)22(25)26-7-3/h5,9-16H,1,6-8H2,2-4H3. The van der Waals surface area contributed by atoms with Crippen LogP contribution >= 0.6 is 0 Å². The number of halogens is 1. The van der Waals surface area contributed by atoms with Gasteiger partial charge in [0.2, 0.25) is 0 Å². The molecule has 1 aromatic heterocycles. The zero-order chi connectivity index (χ0) is 19.8. The molecule has 27 heavy (non-hydrogen) atoms. The molecule has 0 aliphatic carbocycles. The van der Waals surface area contributed by atoms with Gasteiger partial charge in [-0.15, -0.1) is 6.58 Å². The van der Waals surface area contributed by atoms with Crippen molar-refractivity contribution in [3.63, 3.8) is 0 Å². The summed E-state index contributed by atoms with van der Waals surface area (Å²) in [5, 5.41) is 0. The van der Waals surface area contributed by atoms with Crippen molar-refractivity contribution in [3.8, 4) is 11.6 Å². The van der Waals surface area contributed by atoms with E-state index < -0.39 is 11.8 Å². The molecule has 2 aromatic rings. The lowest BCUT2D eigenvalue weighted by molar-refractivity contribution is 0.0525. The number of nitrogens with zero attached hydrogens (tertiary/aromatic N) is 1. The number of pyridine rings is 1. The van der Waals surface area contributed by atoms with Crippen LogP contribution in [0, 0.1) is 11.7 Å². The molecule has 4 nitrogen and oxygen atoms in total. The number of esters is 1. The van der Waals surface area contributed by atoms with E-state index in [9.17, 15) is 9.18 Å². The van der Waals surface area contributed by atoms with Crippen LogP contribution in [0.4, 0.5) is 4.39 Å². The first-order chi connectivity index (χ1) is 13.0. The fraction of sp³-hybridized carbons (Fsp3) is 0.364. The highest BCUT2D eigenvalue weighted by atomic mass is 19.1. The predicted octanol–water partition coefficient (Wildman–Crippen LogP) is 5.90. The molecule has 2 unspecified atom stereocenters. The minimum absolute atomic E-state index is 0.0544. The summed E-state index contributed by atoms with van der Waals surface area (Å²) in [6.07, 6.45) is 5.25. The fourth-order valence-electron chi connectivity index (χ4n) is 2.99. The van der Waals surface area contributed by atoms with Gasteiger partial charge in [-0.05, 0) is 48.9 Å². The quantitative estimate of drug-likeness (QED) is 0.407. The number of carbonyl (C=O) groups excluding carboxylic acids is 1. The second-order valence-corrected chi connectivity index (χ2v) is 6.38. The Balaban J connectivity index is 2.10. The minimum atomic E-state index is -0.713. The summed E-state index contributed by atoms with van der Waals surface area (Å²) in [4.78, 5) is 15.5. The van der Waals surface area contributed by atoms with Gasteiger partial charge in [0.1, 0.15) is 5.75 Å². The Morgan fingerprint density at radius 2 is 2.00 bits per heavy atom. The third-order valence-electron chi connectivity index (χ3n) is 4.64. The number of hydrogen-bond acceptors (Lipinski definition) is 4. The van der Waals surface area contributed by atoms with Crippen LogP contribution in [0.25, 0.3) is 0 Å². The monoisotopic (exact) mass is 371 g/mol. The molecule has 0 saturated carbocycles. The van der Waals surface area contributed by atoms with E-state index in [0.717, 1.165) is 18.9 Å². The number of carbonyl (C=O) groups is 1. The number of ether oxygens (including phenoxy) is 2. The summed E-state index contributed by atoms with van der Waals surface area (Å²) < 4.78 is 24.5. The normalized spacial score (nSPS) is 12.9. The van der Waals surface area contributed by atoms with Crippen LogP contribution in [0.1, 0.15) is 55.5 Å². The van der Waals surface area contributed by atoms with Gasteiger partial charge in [-0.2, -0.15) is 0 Å². The van der Waals surface area contributed by atoms with E-state index >= 15 is 0 Å². The van der Waals surface area contributed by atoms with E-state index in [4.69, 9.17) is 9.47 Å². The summed E-state index contributed by atoms with van der Waals surface area (Å²) in [5.41, 5.74) is 1.25. The second kappa shape index (κ2) is 9.86. The summed E-state index contributed by atoms with van der Waals surface area (Å²) >= 11 is 0. The molecule has 0 aliphatic rings. The van der Waals surface area contributed by atoms with E-state index in [2.05, 4.69) is 25.4 Å². The molecule has 0 N–H and O–H groups in total. The lowest BCUT2D eigenvalue weighted by Crippen LogP contribution is -2.08. The lowest BCUT2D eigenvalue weighted by Gasteiger charge is -2.22. The van der Waals surface area contributed by atoms with Crippen LogP contribution < -0.4 is 4.74 Å². The van der Waals surface area contributed by atoms with Crippen LogP contribution in [-0.4, -0.2) is 17.6 Å². The molecule has 2 atom stereocenters. The molecular weight excluding hydrogens is 345 g/mol. The Bertz CT molecular complexity index is 774. The first-order valence-electron chi connectivity index (χ1n) is 9.21. The highest BCUT2D eigenvalue weighted by Crippen LogP contribution is 2.31. The Morgan fingerprint density at radius 1 is 1.30 bits per heavy atom. The molecule has 0 saturated heterocycles. The van der Waals surface area contributed by atoms with Gasteiger partial charge in [0.25, 0.3) is 5.88 Å². The molecular formula is C22H26FNO3. The maximum absolute atomic E-state index is 14.2. The van der Waals surface area contributed by atoms with E-state index in [1.54, 1.807) is 19.1 Å². The molecule has 0 bridgehead atoms. The lowest BCUT2D eigenvalue weighted by atomic mass is 9.84. The van der Waals surface area contributed by atoms with E-state index in [1.165, 1.54) is 11.8 Å². The Kier molecular flexibility index (Phi) is 7.53. The average molecular weight is 371 g/mol. The molecule has 0 fully saturated rings. The second-order valence-electron chi connectivity index (χ2n) is 6.38. The smallest absolute Gasteiger partial charge is 0.339 e. The van der Waals surface area contributed by atoms with E-state index in [-0.39, 0.29) is 18.1 Å². The van der Waals surface area contributed by atoms with Crippen LogP contribution in [0.5, 0.6) is 11.6 Å². The number of benzene rings is 1. The number of rotatable bonds is 9. The minimum Gasteiger partial charge on any atom is -0.462 e. The highest BCUT2D eigenvalue weighted by Gasteiger charge is 2.17. The van der Waals surface area contributed by atoms with Gasteiger partial charge in [0, 0.05) is 6.20 Å². The van der Waals surface area contributed by atoms with Gasteiger partial charge in [-0.25, -0.2) is 14.2 Å². The SMILES string of the molecule is C=CCC(CC)C(C)c1ccc(Oc2ncc(C(=O)OCC)cc2F)cc1. The zero-order valence-electron chi connectivity index (χ0n) is 16.1. The van der Waals surface area contributed by atoms with Crippen LogP contribution in [0.2, 0.25) is 0 Å². The van der Waals surface area contributed by atoms with Crippen LogP contribution in [-0.2, 0) is 4.74 Å². The van der Waals surface area contributed by atoms with Gasteiger partial charge in [-0.1, -0.05) is 38.5 Å². The molecule has 0 radical (unpaired) electrons. The van der Waals surface area contributed by atoms with Crippen molar-refractivity contribution >= 4 is 5.97 Å². The highest BCUT2D eigenvalue weighted by molar-refractivity contribution is 5.89. The van der Waals surface area contributed by atoms with E-state index in [1.807, 2.05) is 18.2 Å². The summed E-state index contributed by atoms with van der Waals surface area (Å²) in [6, 6.07) is 8.63. The van der Waals surface area contributed by atoms with Crippen molar-refractivity contribution in [2.45, 2.75) is 39.5 Å². The molecule has 0 amide bonds. The summed E-state index contributed by atoms with van der Waals surface area (Å²) in [5.74, 6) is -0.0988. The maximum atomic E-state index is 14.2. The third kappa shape index (κ3) is 5.39. The fourth-order valence-corrected chi connectivity index (χ4v) is 2.99. The van der Waals surface area contributed by atoms with Gasteiger partial charge >= 0.3 is 5.97 Å². The van der Waals surface area contributed by atoms with Crippen LogP contribution in [0.3, 0.4) is 0 Å². The third-order valence-corrected chi connectivity index (χ3v) is 4.64. The maximum Gasteiger partial charge on any atom is 0.339 e. The predicted molar refractivity (Wildman–Crippen MR) is 104 cm³/mol. The van der Waals surface area contributed by atoms with Gasteiger partial charge in [0.15, 0.2) is 5.82 Å². The average Bonchev–Trinajstić information content (AvgIpc) is 2.68. The molecule has 144 valence electrons. The van der Waals surface area contributed by atoms with Crippen molar-refractivity contribution in [2.75, 3.05) is 6.61 Å². The van der Waals surface area contributed by atoms with Crippen molar-refractivity contribution in [2.24, 2.45) is 5.92 Å². The summed E-state index contributed by atoms with van der Waals surface area (Å²) in [6.45, 7) is 10.1. The van der Waals surface area contributed by atoms with Crippen molar-refractivity contribution < 1.29 is 18.7 Å². The molecule has 1 aromatic carbocycles. The molecule has 0 spiro atoms. The molecule has 5 heteroatoms. The molecule has 1 heterocycles. The Morgan fingerprint density at radius 3 is 2.56 bits per heavy atom. The Labute approximate surface area is 160 Å².